The van der Waals surface area contributed by atoms with Gasteiger partial charge in [0.15, 0.2) is 0 Å². The van der Waals surface area contributed by atoms with Crippen molar-refractivity contribution in [3.05, 3.63) is 29.4 Å². The van der Waals surface area contributed by atoms with Crippen LogP contribution in [0.4, 0.5) is 5.69 Å². The molecule has 0 amide bonds. The van der Waals surface area contributed by atoms with Crippen molar-refractivity contribution in [3.63, 3.8) is 0 Å². The van der Waals surface area contributed by atoms with Crippen LogP contribution in [-0.2, 0) is 5.41 Å². The SMILES string of the molecule is [C-]#[N+]c1ccnnc1C(C)(C)C. The molecule has 0 saturated heterocycles. The molecule has 0 saturated carbocycles. The average Bonchev–Trinajstić information content (AvgIpc) is 2.03. The normalized spacial score (nSPS) is 10.8. The van der Waals surface area contributed by atoms with Gasteiger partial charge in [0.2, 0.25) is 5.69 Å². The molecule has 62 valence electrons. The zero-order valence-corrected chi connectivity index (χ0v) is 7.50. The van der Waals surface area contributed by atoms with Crippen molar-refractivity contribution in [3.8, 4) is 0 Å². The molecule has 12 heavy (non-hydrogen) atoms. The second-order valence-corrected chi connectivity index (χ2v) is 3.63. The molecule has 0 radical (unpaired) electrons. The number of aromatic nitrogens is 2. The number of nitrogens with zero attached hydrogens (tertiary/aromatic N) is 3. The minimum absolute atomic E-state index is 0.103. The summed E-state index contributed by atoms with van der Waals surface area (Å²) in [6.07, 6.45) is 1.54. The molecule has 3 heteroatoms. The summed E-state index contributed by atoms with van der Waals surface area (Å²) in [5.41, 5.74) is 1.26. The van der Waals surface area contributed by atoms with Crippen molar-refractivity contribution in [1.29, 1.82) is 0 Å². The minimum Gasteiger partial charge on any atom is -0.236 e. The van der Waals surface area contributed by atoms with Gasteiger partial charge in [-0.05, 0) is 11.5 Å². The highest BCUT2D eigenvalue weighted by Crippen LogP contribution is 2.28. The molecular formula is C9H11N3. The first-order chi connectivity index (χ1) is 5.55. The Morgan fingerprint density at radius 1 is 1.42 bits per heavy atom. The first kappa shape index (κ1) is 8.66. The molecule has 0 aromatic carbocycles. The van der Waals surface area contributed by atoms with Gasteiger partial charge in [-0.1, -0.05) is 20.8 Å². The van der Waals surface area contributed by atoms with Crippen LogP contribution in [0.15, 0.2) is 12.3 Å². The van der Waals surface area contributed by atoms with Gasteiger partial charge >= 0.3 is 0 Å². The Hall–Kier alpha value is -1.43. The Balaban J connectivity index is 3.26. The third kappa shape index (κ3) is 1.59. The Bertz CT molecular complexity index is 317. The highest BCUT2D eigenvalue weighted by molar-refractivity contribution is 5.50. The molecule has 0 aliphatic heterocycles. The third-order valence-electron chi connectivity index (χ3n) is 1.53. The topological polar surface area (TPSA) is 30.1 Å². The molecule has 0 N–H and O–H groups in total. The second kappa shape index (κ2) is 2.90. The maximum atomic E-state index is 6.92. The number of hydrogen-bond donors (Lipinski definition) is 0. The van der Waals surface area contributed by atoms with E-state index in [0.29, 0.717) is 5.69 Å². The van der Waals surface area contributed by atoms with Gasteiger partial charge in [-0.25, -0.2) is 4.85 Å². The van der Waals surface area contributed by atoms with Crippen LogP contribution < -0.4 is 0 Å². The van der Waals surface area contributed by atoms with Crippen LogP contribution in [0.25, 0.3) is 4.85 Å². The summed E-state index contributed by atoms with van der Waals surface area (Å²) in [5.74, 6) is 0. The Labute approximate surface area is 72.3 Å². The standard InChI is InChI=1S/C9H11N3/c1-9(2,3)8-7(10-4)5-6-11-12-8/h5-6H,1-3H3. The zero-order valence-electron chi connectivity index (χ0n) is 7.50. The lowest BCUT2D eigenvalue weighted by molar-refractivity contribution is 0.562. The van der Waals surface area contributed by atoms with Crippen LogP contribution in [0.5, 0.6) is 0 Å². The second-order valence-electron chi connectivity index (χ2n) is 3.63. The lowest BCUT2D eigenvalue weighted by atomic mass is 9.91. The number of hydrogen-bond acceptors (Lipinski definition) is 2. The maximum absolute atomic E-state index is 6.92. The van der Waals surface area contributed by atoms with Gasteiger partial charge in [-0.3, -0.25) is 0 Å². The van der Waals surface area contributed by atoms with Gasteiger partial charge in [0.1, 0.15) is 0 Å². The van der Waals surface area contributed by atoms with Crippen molar-refractivity contribution in [2.45, 2.75) is 26.2 Å². The van der Waals surface area contributed by atoms with E-state index in [1.165, 1.54) is 0 Å². The highest BCUT2D eigenvalue weighted by atomic mass is 15.1. The zero-order chi connectivity index (χ0) is 9.19. The van der Waals surface area contributed by atoms with Crippen LogP contribution in [0, 0.1) is 6.57 Å². The van der Waals surface area contributed by atoms with E-state index in [1.54, 1.807) is 12.3 Å². The molecule has 0 spiro atoms. The van der Waals surface area contributed by atoms with Crippen molar-refractivity contribution in [2.75, 3.05) is 0 Å². The largest absolute Gasteiger partial charge is 0.236 e. The molecule has 1 aromatic rings. The fourth-order valence-electron chi connectivity index (χ4n) is 0.950. The van der Waals surface area contributed by atoms with Crippen LogP contribution in [0.3, 0.4) is 0 Å². The minimum atomic E-state index is -0.103. The molecule has 1 rings (SSSR count). The Kier molecular flexibility index (Phi) is 2.09. The summed E-state index contributed by atoms with van der Waals surface area (Å²) in [7, 11) is 0. The number of rotatable bonds is 0. The molecular weight excluding hydrogens is 150 g/mol. The molecule has 3 nitrogen and oxygen atoms in total. The van der Waals surface area contributed by atoms with E-state index in [4.69, 9.17) is 6.57 Å². The van der Waals surface area contributed by atoms with E-state index in [1.807, 2.05) is 20.8 Å². The van der Waals surface area contributed by atoms with Crippen molar-refractivity contribution >= 4 is 5.69 Å². The van der Waals surface area contributed by atoms with Gasteiger partial charge in [-0.15, -0.1) is 0 Å². The van der Waals surface area contributed by atoms with E-state index in [2.05, 4.69) is 15.0 Å². The van der Waals surface area contributed by atoms with E-state index < -0.39 is 0 Å². The fraction of sp³-hybridized carbons (Fsp3) is 0.444. The van der Waals surface area contributed by atoms with Crippen LogP contribution in [0.2, 0.25) is 0 Å². The molecule has 0 fully saturated rings. The molecule has 1 aromatic heterocycles. The van der Waals surface area contributed by atoms with Crippen molar-refractivity contribution in [2.24, 2.45) is 0 Å². The molecule has 0 bridgehead atoms. The van der Waals surface area contributed by atoms with E-state index in [0.717, 1.165) is 5.69 Å². The Morgan fingerprint density at radius 2 is 2.08 bits per heavy atom. The molecule has 0 aliphatic rings. The van der Waals surface area contributed by atoms with Gasteiger partial charge in [0.25, 0.3) is 0 Å². The average molecular weight is 161 g/mol. The lowest BCUT2D eigenvalue weighted by Gasteiger charge is -2.17. The van der Waals surface area contributed by atoms with Gasteiger partial charge in [-0.2, -0.15) is 10.2 Å². The summed E-state index contributed by atoms with van der Waals surface area (Å²) in [4.78, 5) is 3.38. The van der Waals surface area contributed by atoms with Crippen LogP contribution >= 0.6 is 0 Å². The van der Waals surface area contributed by atoms with Gasteiger partial charge in [0, 0.05) is 6.20 Å². The monoisotopic (exact) mass is 161 g/mol. The third-order valence-corrected chi connectivity index (χ3v) is 1.53. The Morgan fingerprint density at radius 3 is 2.50 bits per heavy atom. The predicted molar refractivity (Wildman–Crippen MR) is 47.0 cm³/mol. The predicted octanol–water partition coefficient (Wildman–Crippen LogP) is 2.32. The maximum Gasteiger partial charge on any atom is 0.212 e. The van der Waals surface area contributed by atoms with E-state index in [9.17, 15) is 0 Å². The van der Waals surface area contributed by atoms with E-state index in [-0.39, 0.29) is 5.41 Å². The lowest BCUT2D eigenvalue weighted by Crippen LogP contribution is -2.14. The summed E-state index contributed by atoms with van der Waals surface area (Å²) < 4.78 is 0. The molecule has 1 heterocycles. The van der Waals surface area contributed by atoms with Gasteiger partial charge in [0.05, 0.1) is 12.3 Å². The van der Waals surface area contributed by atoms with E-state index >= 15 is 0 Å². The summed E-state index contributed by atoms with van der Waals surface area (Å²) >= 11 is 0. The first-order valence-electron chi connectivity index (χ1n) is 3.75. The molecule has 0 unspecified atom stereocenters. The van der Waals surface area contributed by atoms with Crippen LogP contribution in [-0.4, -0.2) is 10.2 Å². The van der Waals surface area contributed by atoms with Gasteiger partial charge < -0.3 is 0 Å². The van der Waals surface area contributed by atoms with Crippen molar-refractivity contribution < 1.29 is 0 Å². The highest BCUT2D eigenvalue weighted by Gasteiger charge is 2.19. The fourth-order valence-corrected chi connectivity index (χ4v) is 0.950. The summed E-state index contributed by atoms with van der Waals surface area (Å²) in [6.45, 7) is 13.0. The smallest absolute Gasteiger partial charge is 0.212 e. The first-order valence-corrected chi connectivity index (χ1v) is 3.75. The van der Waals surface area contributed by atoms with Crippen LogP contribution in [0.1, 0.15) is 26.5 Å². The molecule has 0 atom stereocenters. The quantitative estimate of drug-likeness (QED) is 0.546. The van der Waals surface area contributed by atoms with Crippen molar-refractivity contribution in [1.82, 2.24) is 10.2 Å². The summed E-state index contributed by atoms with van der Waals surface area (Å²) in [5, 5.41) is 7.72. The molecule has 0 aliphatic carbocycles. The summed E-state index contributed by atoms with van der Waals surface area (Å²) in [6, 6.07) is 1.70.